The van der Waals surface area contributed by atoms with Gasteiger partial charge in [-0.2, -0.15) is 0 Å². The van der Waals surface area contributed by atoms with Crippen LogP contribution in [0.3, 0.4) is 0 Å². The Hall–Kier alpha value is -3.56. The van der Waals surface area contributed by atoms with E-state index in [9.17, 15) is 9.59 Å². The number of methoxy groups -OCH3 is 2. The Labute approximate surface area is 179 Å². The number of piperidine rings is 1. The number of ether oxygens (including phenoxy) is 2. The highest BCUT2D eigenvalue weighted by Crippen LogP contribution is 2.26. The zero-order chi connectivity index (χ0) is 22.0. The number of carbonyl (C=O) groups is 1. The number of carbonyl (C=O) groups excluding carboxylic acids is 1. The van der Waals surface area contributed by atoms with Gasteiger partial charge in [0.25, 0.3) is 0 Å². The Morgan fingerprint density at radius 3 is 2.65 bits per heavy atom. The third kappa shape index (κ3) is 4.32. The van der Waals surface area contributed by atoms with Crippen LogP contribution in [0.5, 0.6) is 11.5 Å². The van der Waals surface area contributed by atoms with Crippen LogP contribution < -0.4 is 25.4 Å². The topological polar surface area (TPSA) is 103 Å². The Kier molecular flexibility index (Phi) is 5.79. The second-order valence-electron chi connectivity index (χ2n) is 7.73. The number of benzene rings is 1. The van der Waals surface area contributed by atoms with E-state index in [4.69, 9.17) is 9.47 Å². The molecule has 1 atom stereocenters. The van der Waals surface area contributed by atoms with Crippen molar-refractivity contribution in [2.75, 3.05) is 37.5 Å². The summed E-state index contributed by atoms with van der Waals surface area (Å²) in [5, 5.41) is 7.18. The van der Waals surface area contributed by atoms with Crippen LogP contribution in [0.1, 0.15) is 19.8 Å². The molecule has 1 saturated heterocycles. The first kappa shape index (κ1) is 20.7. The molecule has 0 saturated carbocycles. The SMILES string of the molecule is COc1cc(NC(=O)Cn2nc3c(N4CCC[C@@H](C)C4)nccn3c2=O)cc(OC)c1. The molecule has 4 rings (SSSR count). The second-order valence-corrected chi connectivity index (χ2v) is 7.73. The smallest absolute Gasteiger partial charge is 0.350 e. The van der Waals surface area contributed by atoms with E-state index in [1.165, 1.54) is 25.0 Å². The molecule has 1 amide bonds. The Balaban J connectivity index is 1.58. The van der Waals surface area contributed by atoms with E-state index in [1.54, 1.807) is 30.6 Å². The number of nitrogens with one attached hydrogen (secondary N) is 1. The molecule has 10 heteroatoms. The average molecular weight is 426 g/mol. The first-order valence-corrected chi connectivity index (χ1v) is 10.2. The highest BCUT2D eigenvalue weighted by Gasteiger charge is 2.22. The van der Waals surface area contributed by atoms with Crippen molar-refractivity contribution in [2.45, 2.75) is 26.3 Å². The van der Waals surface area contributed by atoms with Crippen molar-refractivity contribution in [3.63, 3.8) is 0 Å². The normalized spacial score (nSPS) is 16.4. The van der Waals surface area contributed by atoms with Crippen molar-refractivity contribution >= 4 is 23.1 Å². The Morgan fingerprint density at radius 2 is 1.97 bits per heavy atom. The van der Waals surface area contributed by atoms with Crippen LogP contribution in [0.2, 0.25) is 0 Å². The molecule has 0 bridgehead atoms. The fourth-order valence-corrected chi connectivity index (χ4v) is 3.86. The lowest BCUT2D eigenvalue weighted by Gasteiger charge is -2.31. The van der Waals surface area contributed by atoms with Gasteiger partial charge in [0.2, 0.25) is 11.6 Å². The van der Waals surface area contributed by atoms with E-state index in [2.05, 4.69) is 27.2 Å². The number of aromatic nitrogens is 4. The van der Waals surface area contributed by atoms with Crippen molar-refractivity contribution < 1.29 is 14.3 Å². The number of anilines is 2. The summed E-state index contributed by atoms with van der Waals surface area (Å²) >= 11 is 0. The molecular weight excluding hydrogens is 400 g/mol. The highest BCUT2D eigenvalue weighted by atomic mass is 16.5. The largest absolute Gasteiger partial charge is 0.497 e. The summed E-state index contributed by atoms with van der Waals surface area (Å²) in [6.45, 7) is 3.72. The van der Waals surface area contributed by atoms with Crippen LogP contribution in [-0.2, 0) is 11.3 Å². The number of amides is 1. The monoisotopic (exact) mass is 426 g/mol. The summed E-state index contributed by atoms with van der Waals surface area (Å²) in [5.74, 6) is 1.93. The third-order valence-electron chi connectivity index (χ3n) is 5.37. The Bertz CT molecular complexity index is 1130. The number of nitrogens with zero attached hydrogens (tertiary/aromatic N) is 5. The van der Waals surface area contributed by atoms with E-state index in [1.807, 2.05) is 0 Å². The van der Waals surface area contributed by atoms with E-state index in [0.717, 1.165) is 24.2 Å². The van der Waals surface area contributed by atoms with Gasteiger partial charge < -0.3 is 19.7 Å². The zero-order valence-electron chi connectivity index (χ0n) is 17.9. The van der Waals surface area contributed by atoms with Crippen LogP contribution in [0.15, 0.2) is 35.4 Å². The predicted molar refractivity (Wildman–Crippen MR) is 116 cm³/mol. The first-order chi connectivity index (χ1) is 15.0. The van der Waals surface area contributed by atoms with Crippen LogP contribution in [-0.4, -0.2) is 52.4 Å². The summed E-state index contributed by atoms with van der Waals surface area (Å²) in [5.41, 5.74) is 0.571. The van der Waals surface area contributed by atoms with Crippen molar-refractivity contribution in [3.05, 3.63) is 41.1 Å². The van der Waals surface area contributed by atoms with E-state index >= 15 is 0 Å². The molecular formula is C21H26N6O4. The molecule has 10 nitrogen and oxygen atoms in total. The van der Waals surface area contributed by atoms with Crippen LogP contribution in [0, 0.1) is 5.92 Å². The van der Waals surface area contributed by atoms with Gasteiger partial charge in [0, 0.05) is 49.4 Å². The molecule has 0 radical (unpaired) electrons. The molecule has 1 aromatic carbocycles. The molecule has 3 aromatic rings. The fourth-order valence-electron chi connectivity index (χ4n) is 3.86. The number of rotatable bonds is 6. The molecule has 164 valence electrons. The minimum absolute atomic E-state index is 0.226. The predicted octanol–water partition coefficient (Wildman–Crippen LogP) is 1.78. The molecule has 3 heterocycles. The average Bonchev–Trinajstić information content (AvgIpc) is 3.08. The summed E-state index contributed by atoms with van der Waals surface area (Å²) < 4.78 is 13.0. The maximum Gasteiger partial charge on any atom is 0.350 e. The quantitative estimate of drug-likeness (QED) is 0.641. The molecule has 2 aromatic heterocycles. The number of hydrogen-bond donors (Lipinski definition) is 1. The van der Waals surface area contributed by atoms with Crippen molar-refractivity contribution in [1.82, 2.24) is 19.2 Å². The second kappa shape index (κ2) is 8.66. The number of fused-ring (bicyclic) bond motifs is 1. The number of hydrogen-bond acceptors (Lipinski definition) is 7. The lowest BCUT2D eigenvalue weighted by atomic mass is 10.0. The summed E-state index contributed by atoms with van der Waals surface area (Å²) in [6.07, 6.45) is 5.41. The maximum atomic E-state index is 12.8. The minimum Gasteiger partial charge on any atom is -0.497 e. The highest BCUT2D eigenvalue weighted by molar-refractivity contribution is 5.91. The van der Waals surface area contributed by atoms with Crippen LogP contribution in [0.25, 0.3) is 5.65 Å². The molecule has 31 heavy (non-hydrogen) atoms. The van der Waals surface area contributed by atoms with E-state index < -0.39 is 0 Å². The van der Waals surface area contributed by atoms with E-state index in [-0.39, 0.29) is 18.1 Å². The van der Waals surface area contributed by atoms with Crippen molar-refractivity contribution in [1.29, 1.82) is 0 Å². The van der Waals surface area contributed by atoms with Crippen LogP contribution in [0.4, 0.5) is 11.5 Å². The molecule has 1 N–H and O–H groups in total. The summed E-state index contributed by atoms with van der Waals surface area (Å²) in [6, 6.07) is 5.05. The van der Waals surface area contributed by atoms with Gasteiger partial charge in [0.05, 0.1) is 14.2 Å². The lowest BCUT2D eigenvalue weighted by Crippen LogP contribution is -2.35. The van der Waals surface area contributed by atoms with Crippen LogP contribution >= 0.6 is 0 Å². The maximum absolute atomic E-state index is 12.8. The van der Waals surface area contributed by atoms with Gasteiger partial charge in [-0.05, 0) is 18.8 Å². The summed E-state index contributed by atoms with van der Waals surface area (Å²) in [4.78, 5) is 32.0. The third-order valence-corrected chi connectivity index (χ3v) is 5.37. The fraction of sp³-hybridized carbons (Fsp3) is 0.429. The molecule has 1 aliphatic heterocycles. The Morgan fingerprint density at radius 1 is 1.23 bits per heavy atom. The van der Waals surface area contributed by atoms with Gasteiger partial charge in [-0.15, -0.1) is 5.10 Å². The van der Waals surface area contributed by atoms with Gasteiger partial charge >= 0.3 is 5.69 Å². The molecule has 0 unspecified atom stereocenters. The molecule has 0 aliphatic carbocycles. The van der Waals surface area contributed by atoms with Gasteiger partial charge in [-0.3, -0.25) is 4.79 Å². The summed E-state index contributed by atoms with van der Waals surface area (Å²) in [7, 11) is 3.07. The van der Waals surface area contributed by atoms with Gasteiger partial charge in [-0.1, -0.05) is 6.92 Å². The minimum atomic E-state index is -0.387. The lowest BCUT2D eigenvalue weighted by molar-refractivity contribution is -0.117. The van der Waals surface area contributed by atoms with Gasteiger partial charge in [0.1, 0.15) is 18.0 Å². The van der Waals surface area contributed by atoms with Gasteiger partial charge in [0.15, 0.2) is 5.82 Å². The molecule has 1 fully saturated rings. The van der Waals surface area contributed by atoms with Crippen molar-refractivity contribution in [2.24, 2.45) is 5.92 Å². The standard InChI is InChI=1S/C21H26N6O4/c1-14-5-4-7-25(12-14)19-20-24-27(21(29)26(20)8-6-22-19)13-18(28)23-15-9-16(30-2)11-17(10-15)31-3/h6,8-11,14H,4-5,7,12-13H2,1-3H3,(H,23,28)/t14-/m1/s1. The van der Waals surface area contributed by atoms with E-state index in [0.29, 0.717) is 34.6 Å². The zero-order valence-corrected chi connectivity index (χ0v) is 17.9. The van der Waals surface area contributed by atoms with Gasteiger partial charge in [-0.25, -0.2) is 18.9 Å². The molecule has 1 aliphatic rings. The molecule has 0 spiro atoms. The first-order valence-electron chi connectivity index (χ1n) is 10.2. The van der Waals surface area contributed by atoms with Crippen molar-refractivity contribution in [3.8, 4) is 11.5 Å².